The Hall–Kier alpha value is -1.13. The highest BCUT2D eigenvalue weighted by Gasteiger charge is 2.27. The van der Waals surface area contributed by atoms with E-state index >= 15 is 0 Å². The number of anilines is 1. The van der Waals surface area contributed by atoms with Gasteiger partial charge in [0, 0.05) is 36.9 Å². The lowest BCUT2D eigenvalue weighted by Crippen LogP contribution is -2.38. The van der Waals surface area contributed by atoms with Crippen LogP contribution < -0.4 is 10.2 Å². The van der Waals surface area contributed by atoms with Crippen LogP contribution in [-0.4, -0.2) is 45.2 Å². The third-order valence-corrected chi connectivity index (χ3v) is 3.71. The summed E-state index contributed by atoms with van der Waals surface area (Å²) in [6.45, 7) is 2.63. The Kier molecular flexibility index (Phi) is 4.77. The molecule has 0 aromatic heterocycles. The van der Waals surface area contributed by atoms with Crippen LogP contribution in [0.2, 0.25) is 0 Å². The van der Waals surface area contributed by atoms with Gasteiger partial charge in [-0.2, -0.15) is 0 Å². The zero-order chi connectivity index (χ0) is 13.8. The van der Waals surface area contributed by atoms with Crippen LogP contribution in [0.4, 0.5) is 10.1 Å². The second-order valence-corrected chi connectivity index (χ2v) is 5.52. The number of likely N-dealkylation sites (N-methyl/N-ethyl adjacent to an activating group) is 1. The van der Waals surface area contributed by atoms with Crippen LogP contribution in [0, 0.1) is 5.82 Å². The summed E-state index contributed by atoms with van der Waals surface area (Å²) in [5.74, 6) is -0.109. The number of hydrogen-bond acceptors (Lipinski definition) is 3. The van der Waals surface area contributed by atoms with Crippen LogP contribution in [-0.2, 0) is 6.54 Å². The van der Waals surface area contributed by atoms with Crippen molar-refractivity contribution in [2.24, 2.45) is 0 Å². The largest absolute Gasteiger partial charge is 0.367 e. The Morgan fingerprint density at radius 3 is 2.89 bits per heavy atom. The van der Waals surface area contributed by atoms with Gasteiger partial charge in [-0.15, -0.1) is 0 Å². The Morgan fingerprint density at radius 1 is 1.42 bits per heavy atom. The van der Waals surface area contributed by atoms with Gasteiger partial charge in [0.05, 0.1) is 0 Å². The maximum absolute atomic E-state index is 14.0. The van der Waals surface area contributed by atoms with Crippen molar-refractivity contribution in [3.8, 4) is 0 Å². The van der Waals surface area contributed by atoms with Gasteiger partial charge < -0.3 is 15.1 Å². The van der Waals surface area contributed by atoms with Crippen molar-refractivity contribution >= 4 is 5.69 Å². The number of hydrogen-bond donors (Lipinski definition) is 1. The molecule has 1 unspecified atom stereocenters. The maximum Gasteiger partial charge on any atom is 0.129 e. The van der Waals surface area contributed by atoms with Gasteiger partial charge in [-0.05, 0) is 46.1 Å². The lowest BCUT2D eigenvalue weighted by Gasteiger charge is -2.31. The summed E-state index contributed by atoms with van der Waals surface area (Å²) in [4.78, 5) is 4.58. The standard InChI is InChI=1S/C15H24FN3/c1-17-10-13-14(16)7-4-8-15(13)19-9-5-6-12(19)11-18(2)3/h4,7-8,12,17H,5-6,9-11H2,1-3H3. The molecule has 2 rings (SSSR count). The molecule has 0 amide bonds. The highest BCUT2D eigenvalue weighted by molar-refractivity contribution is 5.56. The summed E-state index contributed by atoms with van der Waals surface area (Å²) >= 11 is 0. The maximum atomic E-state index is 14.0. The smallest absolute Gasteiger partial charge is 0.129 e. The highest BCUT2D eigenvalue weighted by atomic mass is 19.1. The lowest BCUT2D eigenvalue weighted by molar-refractivity contribution is 0.372. The van der Waals surface area contributed by atoms with Crippen molar-refractivity contribution in [3.63, 3.8) is 0 Å². The molecule has 19 heavy (non-hydrogen) atoms. The first-order chi connectivity index (χ1) is 9.13. The van der Waals surface area contributed by atoms with Gasteiger partial charge in [-0.1, -0.05) is 6.07 Å². The van der Waals surface area contributed by atoms with Crippen LogP contribution in [0.25, 0.3) is 0 Å². The van der Waals surface area contributed by atoms with Crippen LogP contribution in [0.3, 0.4) is 0 Å². The molecule has 1 aromatic carbocycles. The number of benzene rings is 1. The molecule has 3 nitrogen and oxygen atoms in total. The molecule has 1 aliphatic rings. The molecule has 0 radical (unpaired) electrons. The first-order valence-corrected chi connectivity index (χ1v) is 6.97. The van der Waals surface area contributed by atoms with Gasteiger partial charge >= 0.3 is 0 Å². The molecular formula is C15H24FN3. The van der Waals surface area contributed by atoms with E-state index in [-0.39, 0.29) is 5.82 Å². The van der Waals surface area contributed by atoms with Crippen molar-refractivity contribution < 1.29 is 4.39 Å². The summed E-state index contributed by atoms with van der Waals surface area (Å²) in [6.07, 6.45) is 2.38. The minimum atomic E-state index is -0.109. The number of rotatable bonds is 5. The Morgan fingerprint density at radius 2 is 2.21 bits per heavy atom. The first-order valence-electron chi connectivity index (χ1n) is 6.97. The lowest BCUT2D eigenvalue weighted by atomic mass is 10.1. The summed E-state index contributed by atoms with van der Waals surface area (Å²) in [5.41, 5.74) is 1.84. The molecule has 1 N–H and O–H groups in total. The second-order valence-electron chi connectivity index (χ2n) is 5.52. The average molecular weight is 265 g/mol. The highest BCUT2D eigenvalue weighted by Crippen LogP contribution is 2.30. The van der Waals surface area contributed by atoms with Gasteiger partial charge in [0.2, 0.25) is 0 Å². The van der Waals surface area contributed by atoms with Crippen molar-refractivity contribution in [3.05, 3.63) is 29.6 Å². The van der Waals surface area contributed by atoms with Crippen LogP contribution in [0.5, 0.6) is 0 Å². The van der Waals surface area contributed by atoms with Crippen LogP contribution in [0.15, 0.2) is 18.2 Å². The third kappa shape index (κ3) is 3.25. The number of nitrogens with one attached hydrogen (secondary N) is 1. The van der Waals surface area contributed by atoms with Crippen molar-refractivity contribution in [1.82, 2.24) is 10.2 Å². The van der Waals surface area contributed by atoms with E-state index in [9.17, 15) is 4.39 Å². The fraction of sp³-hybridized carbons (Fsp3) is 0.600. The van der Waals surface area contributed by atoms with E-state index in [1.165, 1.54) is 12.8 Å². The average Bonchev–Trinajstić information content (AvgIpc) is 2.79. The van der Waals surface area contributed by atoms with E-state index < -0.39 is 0 Å². The van der Waals surface area contributed by atoms with Gasteiger partial charge in [0.15, 0.2) is 0 Å². The molecule has 1 heterocycles. The molecule has 1 fully saturated rings. The van der Waals surface area contributed by atoms with E-state index in [1.54, 1.807) is 6.07 Å². The molecule has 0 aliphatic carbocycles. The fourth-order valence-electron chi connectivity index (χ4n) is 2.93. The molecule has 1 atom stereocenters. The predicted octanol–water partition coefficient (Wildman–Crippen LogP) is 2.08. The van der Waals surface area contributed by atoms with Crippen LogP contribution in [0.1, 0.15) is 18.4 Å². The van der Waals surface area contributed by atoms with Gasteiger partial charge in [0.25, 0.3) is 0 Å². The Labute approximate surface area is 115 Å². The third-order valence-electron chi connectivity index (χ3n) is 3.71. The first kappa shape index (κ1) is 14.3. The van der Waals surface area contributed by atoms with E-state index in [0.29, 0.717) is 12.6 Å². The second kappa shape index (κ2) is 6.35. The molecule has 0 spiro atoms. The SMILES string of the molecule is CNCc1c(F)cccc1N1CCCC1CN(C)C. The molecule has 0 saturated carbocycles. The monoisotopic (exact) mass is 265 g/mol. The van der Waals surface area contributed by atoms with Crippen molar-refractivity contribution in [2.45, 2.75) is 25.4 Å². The van der Waals surface area contributed by atoms with E-state index in [2.05, 4.69) is 29.2 Å². The van der Waals surface area contributed by atoms with Crippen LogP contribution >= 0.6 is 0 Å². The quantitative estimate of drug-likeness (QED) is 0.879. The molecule has 1 saturated heterocycles. The Balaban J connectivity index is 2.27. The number of halogens is 1. The number of nitrogens with zero attached hydrogens (tertiary/aromatic N) is 2. The topological polar surface area (TPSA) is 18.5 Å². The minimum Gasteiger partial charge on any atom is -0.367 e. The minimum absolute atomic E-state index is 0.109. The van der Waals surface area contributed by atoms with Crippen molar-refractivity contribution in [1.29, 1.82) is 0 Å². The van der Waals surface area contributed by atoms with E-state index in [1.807, 2.05) is 19.2 Å². The summed E-state index contributed by atoms with van der Waals surface area (Å²) < 4.78 is 14.0. The summed E-state index contributed by atoms with van der Waals surface area (Å²) in [6, 6.07) is 5.90. The molecule has 4 heteroatoms. The fourth-order valence-corrected chi connectivity index (χ4v) is 2.93. The summed E-state index contributed by atoms with van der Waals surface area (Å²) in [7, 11) is 6.05. The van der Waals surface area contributed by atoms with E-state index in [0.717, 1.165) is 24.3 Å². The molecule has 1 aromatic rings. The molecule has 0 bridgehead atoms. The zero-order valence-electron chi connectivity index (χ0n) is 12.1. The van der Waals surface area contributed by atoms with Gasteiger partial charge in [-0.25, -0.2) is 4.39 Å². The Bertz CT molecular complexity index is 420. The normalized spacial score (nSPS) is 19.4. The van der Waals surface area contributed by atoms with E-state index in [4.69, 9.17) is 0 Å². The molecule has 106 valence electrons. The predicted molar refractivity (Wildman–Crippen MR) is 78.1 cm³/mol. The molecular weight excluding hydrogens is 241 g/mol. The van der Waals surface area contributed by atoms with Gasteiger partial charge in [0.1, 0.15) is 5.82 Å². The van der Waals surface area contributed by atoms with Crippen molar-refractivity contribution in [2.75, 3.05) is 39.1 Å². The zero-order valence-corrected chi connectivity index (χ0v) is 12.1. The summed E-state index contributed by atoms with van der Waals surface area (Å²) in [5, 5.41) is 3.07. The molecule has 1 aliphatic heterocycles. The van der Waals surface area contributed by atoms with Gasteiger partial charge in [-0.3, -0.25) is 0 Å².